The first kappa shape index (κ1) is 18.6. The summed E-state index contributed by atoms with van der Waals surface area (Å²) in [6.45, 7) is 6.90. The van der Waals surface area contributed by atoms with Crippen LogP contribution < -0.4 is 16.0 Å². The Morgan fingerprint density at radius 3 is 2.67 bits per heavy atom. The maximum atomic E-state index is 11.6. The second-order valence-electron chi connectivity index (χ2n) is 6.00. The van der Waals surface area contributed by atoms with Crippen LogP contribution >= 0.6 is 11.8 Å². The molecule has 1 aromatic carbocycles. The average Bonchev–Trinajstić information content (AvgIpc) is 3.41. The van der Waals surface area contributed by atoms with E-state index in [1.54, 1.807) is 11.8 Å². The van der Waals surface area contributed by atoms with E-state index in [4.69, 9.17) is 0 Å². The molecule has 24 heavy (non-hydrogen) atoms. The van der Waals surface area contributed by atoms with Crippen LogP contribution in [0.4, 0.5) is 0 Å². The lowest BCUT2D eigenvalue weighted by Crippen LogP contribution is -2.41. The van der Waals surface area contributed by atoms with E-state index in [1.807, 2.05) is 6.92 Å². The van der Waals surface area contributed by atoms with Gasteiger partial charge in [-0.2, -0.15) is 0 Å². The first-order valence-corrected chi connectivity index (χ1v) is 9.80. The molecule has 3 N–H and O–H groups in total. The molecule has 1 fully saturated rings. The van der Waals surface area contributed by atoms with Crippen LogP contribution in [0.2, 0.25) is 0 Å². The van der Waals surface area contributed by atoms with Gasteiger partial charge in [-0.15, -0.1) is 11.8 Å². The van der Waals surface area contributed by atoms with E-state index in [2.05, 4.69) is 52.3 Å². The minimum Gasteiger partial charge on any atom is -0.357 e. The van der Waals surface area contributed by atoms with E-state index in [0.29, 0.717) is 19.6 Å². The molecule has 1 aromatic rings. The highest BCUT2D eigenvalue weighted by molar-refractivity contribution is 7.98. The first-order valence-electron chi connectivity index (χ1n) is 8.57. The second-order valence-corrected chi connectivity index (χ2v) is 6.85. The fourth-order valence-electron chi connectivity index (χ4n) is 2.34. The van der Waals surface area contributed by atoms with Gasteiger partial charge >= 0.3 is 0 Å². The van der Waals surface area contributed by atoms with E-state index in [0.717, 1.165) is 25.3 Å². The molecule has 0 bridgehead atoms. The molecule has 0 heterocycles. The Labute approximate surface area is 149 Å². The maximum absolute atomic E-state index is 11.6. The molecule has 1 aliphatic carbocycles. The van der Waals surface area contributed by atoms with E-state index in [9.17, 15) is 4.79 Å². The molecule has 0 saturated heterocycles. The number of hydrogen-bond acceptors (Lipinski definition) is 3. The van der Waals surface area contributed by atoms with Crippen molar-refractivity contribution in [2.45, 2.75) is 38.1 Å². The van der Waals surface area contributed by atoms with Crippen LogP contribution in [0, 0.1) is 12.8 Å². The highest BCUT2D eigenvalue weighted by Crippen LogP contribution is 2.28. The zero-order valence-corrected chi connectivity index (χ0v) is 15.6. The third-order valence-corrected chi connectivity index (χ3v) is 4.68. The maximum Gasteiger partial charge on any atom is 0.223 e. The Kier molecular flexibility index (Phi) is 7.43. The lowest BCUT2D eigenvalue weighted by molar-refractivity contribution is -0.122. The van der Waals surface area contributed by atoms with Gasteiger partial charge in [0.2, 0.25) is 5.91 Å². The van der Waals surface area contributed by atoms with Crippen molar-refractivity contribution in [2.75, 3.05) is 25.9 Å². The molecular weight excluding hydrogens is 320 g/mol. The smallest absolute Gasteiger partial charge is 0.223 e. The summed E-state index contributed by atoms with van der Waals surface area (Å²) in [6, 6.07) is 6.46. The van der Waals surface area contributed by atoms with Crippen LogP contribution in [0.25, 0.3) is 0 Å². The molecule has 6 heteroatoms. The van der Waals surface area contributed by atoms with Crippen LogP contribution in [0.5, 0.6) is 0 Å². The number of aryl methyl sites for hydroxylation is 1. The van der Waals surface area contributed by atoms with E-state index in [1.165, 1.54) is 16.0 Å². The number of hydrogen-bond donors (Lipinski definition) is 3. The number of nitrogens with one attached hydrogen (secondary N) is 3. The van der Waals surface area contributed by atoms with E-state index < -0.39 is 0 Å². The Balaban J connectivity index is 1.84. The van der Waals surface area contributed by atoms with Crippen molar-refractivity contribution in [3.8, 4) is 0 Å². The van der Waals surface area contributed by atoms with Gasteiger partial charge in [-0.25, -0.2) is 4.99 Å². The summed E-state index contributed by atoms with van der Waals surface area (Å²) in [5.74, 6) is 1.23. The molecule has 132 valence electrons. The molecule has 1 saturated carbocycles. The van der Waals surface area contributed by atoms with E-state index >= 15 is 0 Å². The third-order valence-electron chi connectivity index (χ3n) is 3.86. The molecule has 2 rings (SSSR count). The van der Waals surface area contributed by atoms with Crippen LogP contribution in [0.15, 0.2) is 28.1 Å². The number of carbonyl (C=O) groups excluding carboxylic acids is 1. The van der Waals surface area contributed by atoms with Crippen molar-refractivity contribution in [1.29, 1.82) is 0 Å². The van der Waals surface area contributed by atoms with Gasteiger partial charge in [0.1, 0.15) is 0 Å². The zero-order chi connectivity index (χ0) is 17.4. The summed E-state index contributed by atoms with van der Waals surface area (Å²) in [5, 5.41) is 9.47. The average molecular weight is 349 g/mol. The number of thioether (sulfide) groups is 1. The summed E-state index contributed by atoms with van der Waals surface area (Å²) >= 11 is 1.75. The molecule has 1 aliphatic rings. The van der Waals surface area contributed by atoms with Crippen LogP contribution in [-0.4, -0.2) is 37.8 Å². The molecule has 5 nitrogen and oxygen atoms in total. The first-order chi connectivity index (χ1) is 11.6. The van der Waals surface area contributed by atoms with Crippen molar-refractivity contribution in [3.05, 3.63) is 29.3 Å². The van der Waals surface area contributed by atoms with Crippen molar-refractivity contribution in [3.63, 3.8) is 0 Å². The van der Waals surface area contributed by atoms with Crippen molar-refractivity contribution in [1.82, 2.24) is 16.0 Å². The number of rotatable bonds is 8. The number of guanidine groups is 1. The fourth-order valence-corrected chi connectivity index (χ4v) is 3.04. The predicted molar refractivity (Wildman–Crippen MR) is 102 cm³/mol. The topological polar surface area (TPSA) is 65.5 Å². The van der Waals surface area contributed by atoms with Gasteiger partial charge in [0, 0.05) is 30.4 Å². The number of aliphatic imine (C=N–C) groups is 1. The Morgan fingerprint density at radius 2 is 2.00 bits per heavy atom. The predicted octanol–water partition coefficient (Wildman–Crippen LogP) is 2.30. The number of nitrogens with zero attached hydrogens (tertiary/aromatic N) is 1. The van der Waals surface area contributed by atoms with Gasteiger partial charge in [-0.05, 0) is 50.1 Å². The monoisotopic (exact) mass is 348 g/mol. The quantitative estimate of drug-likeness (QED) is 0.292. The van der Waals surface area contributed by atoms with Crippen molar-refractivity contribution >= 4 is 23.6 Å². The molecule has 0 aromatic heterocycles. The summed E-state index contributed by atoms with van der Waals surface area (Å²) < 4.78 is 0. The Hall–Kier alpha value is -1.69. The van der Waals surface area contributed by atoms with Crippen LogP contribution in [0.1, 0.15) is 30.9 Å². The van der Waals surface area contributed by atoms with Gasteiger partial charge in [0.05, 0.1) is 6.54 Å². The van der Waals surface area contributed by atoms with Crippen LogP contribution in [-0.2, 0) is 11.3 Å². The minimum atomic E-state index is 0.183. The zero-order valence-electron chi connectivity index (χ0n) is 14.8. The van der Waals surface area contributed by atoms with Crippen molar-refractivity contribution < 1.29 is 4.79 Å². The molecule has 0 radical (unpaired) electrons. The van der Waals surface area contributed by atoms with Gasteiger partial charge in [-0.1, -0.05) is 12.1 Å². The summed E-state index contributed by atoms with van der Waals surface area (Å²) in [6.07, 6.45) is 4.17. The molecule has 0 unspecified atom stereocenters. The van der Waals surface area contributed by atoms with Gasteiger partial charge in [0.15, 0.2) is 5.96 Å². The Morgan fingerprint density at radius 1 is 1.25 bits per heavy atom. The molecular formula is C18H28N4OS. The highest BCUT2D eigenvalue weighted by atomic mass is 32.2. The summed E-state index contributed by atoms with van der Waals surface area (Å²) in [7, 11) is 0. The normalized spacial score (nSPS) is 14.4. The fraction of sp³-hybridized carbons (Fsp3) is 0.556. The Bertz CT molecular complexity index is 584. The standard InChI is InChI=1S/C18H28N4OS/c1-4-19-18(21-10-9-20-17(23)14-7-8-14)22-12-15-6-5-13(2)11-16(15)24-3/h5-6,11,14H,4,7-10,12H2,1-3H3,(H,20,23)(H2,19,21,22). The molecule has 0 atom stereocenters. The SMILES string of the molecule is CCNC(=NCc1ccc(C)cc1SC)NCCNC(=O)C1CC1. The largest absolute Gasteiger partial charge is 0.357 e. The van der Waals surface area contributed by atoms with Gasteiger partial charge in [-0.3, -0.25) is 4.79 Å². The molecule has 0 spiro atoms. The van der Waals surface area contributed by atoms with Crippen molar-refractivity contribution in [2.24, 2.45) is 10.9 Å². The number of amides is 1. The minimum absolute atomic E-state index is 0.183. The highest BCUT2D eigenvalue weighted by Gasteiger charge is 2.28. The number of benzene rings is 1. The van der Waals surface area contributed by atoms with Gasteiger partial charge < -0.3 is 16.0 Å². The van der Waals surface area contributed by atoms with E-state index in [-0.39, 0.29) is 11.8 Å². The molecule has 0 aliphatic heterocycles. The summed E-state index contributed by atoms with van der Waals surface area (Å²) in [4.78, 5) is 17.5. The van der Waals surface area contributed by atoms with Crippen LogP contribution in [0.3, 0.4) is 0 Å². The summed E-state index contributed by atoms with van der Waals surface area (Å²) in [5.41, 5.74) is 2.50. The van der Waals surface area contributed by atoms with Gasteiger partial charge in [0.25, 0.3) is 0 Å². The lowest BCUT2D eigenvalue weighted by atomic mass is 10.1. The second kappa shape index (κ2) is 9.57. The lowest BCUT2D eigenvalue weighted by Gasteiger charge is -2.12. The third kappa shape index (κ3) is 6.07. The number of carbonyl (C=O) groups is 1. The molecule has 1 amide bonds.